The van der Waals surface area contributed by atoms with Crippen molar-refractivity contribution in [3.05, 3.63) is 52.6 Å². The minimum absolute atomic E-state index is 0.241. The fraction of sp³-hybridized carbons (Fsp3) is 0.417. The van der Waals surface area contributed by atoms with E-state index in [1.54, 1.807) is 26.0 Å². The summed E-state index contributed by atoms with van der Waals surface area (Å²) in [6.45, 7) is 10.6. The summed E-state index contributed by atoms with van der Waals surface area (Å²) in [5.74, 6) is -0.597. The van der Waals surface area contributed by atoms with Crippen molar-refractivity contribution < 1.29 is 27.5 Å². The summed E-state index contributed by atoms with van der Waals surface area (Å²) >= 11 is -1.33. The summed E-state index contributed by atoms with van der Waals surface area (Å²) in [5, 5.41) is 3.33. The van der Waals surface area contributed by atoms with Gasteiger partial charge in [0.1, 0.15) is 0 Å². The van der Waals surface area contributed by atoms with Crippen LogP contribution in [0.15, 0.2) is 41.5 Å². The van der Waals surface area contributed by atoms with Crippen LogP contribution in [-0.4, -0.2) is 48.3 Å². The van der Waals surface area contributed by atoms with Gasteiger partial charge < -0.3 is 14.8 Å². The molecule has 7 nitrogen and oxygen atoms in total. The molecule has 0 saturated carbocycles. The Hall–Kier alpha value is -2.71. The second-order valence-electron chi connectivity index (χ2n) is 7.13. The molecule has 0 bridgehead atoms. The minimum Gasteiger partial charge on any atom is -0.462 e. The van der Waals surface area contributed by atoms with Gasteiger partial charge in [0.05, 0.1) is 36.7 Å². The van der Waals surface area contributed by atoms with Crippen molar-refractivity contribution in [1.29, 1.82) is 0 Å². The van der Waals surface area contributed by atoms with Crippen LogP contribution in [0.25, 0.3) is 11.1 Å². The molecule has 0 amide bonds. The van der Waals surface area contributed by atoms with Gasteiger partial charge in [0, 0.05) is 12.2 Å². The Morgan fingerprint density at radius 3 is 1.84 bits per heavy atom. The van der Waals surface area contributed by atoms with Gasteiger partial charge in [-0.05, 0) is 63.9 Å². The Labute approximate surface area is 192 Å². The van der Waals surface area contributed by atoms with Gasteiger partial charge in [0.2, 0.25) is 0 Å². The molecule has 2 aliphatic rings. The highest BCUT2D eigenvalue weighted by Gasteiger charge is 2.25. The van der Waals surface area contributed by atoms with Gasteiger partial charge in [-0.15, -0.1) is 0 Å². The van der Waals surface area contributed by atoms with E-state index < -0.39 is 23.0 Å². The fourth-order valence-electron chi connectivity index (χ4n) is 3.08. The number of carbonyl (C=O) groups is 2. The lowest BCUT2D eigenvalue weighted by molar-refractivity contribution is 0.0525. The van der Waals surface area contributed by atoms with Crippen LogP contribution < -0.4 is 5.32 Å². The van der Waals surface area contributed by atoms with Gasteiger partial charge in [0.15, 0.2) is 11.1 Å². The smallest absolute Gasteiger partial charge is 0.338 e. The highest BCUT2D eigenvalue weighted by Crippen LogP contribution is 2.34. The number of nitrogens with one attached hydrogen (secondary N) is 1. The third kappa shape index (κ3) is 6.64. The monoisotopic (exact) mass is 461 g/mol. The van der Waals surface area contributed by atoms with Crippen LogP contribution in [0.5, 0.6) is 0 Å². The summed E-state index contributed by atoms with van der Waals surface area (Å²) < 4.78 is 27.2. The third-order valence-electron chi connectivity index (χ3n) is 4.88. The Kier molecular flexibility index (Phi) is 9.87. The standard InChI is InChI=1S/C24H31NO6S/c1-6-29-23(26)21-13-22(24(27)30-7-2)20-12-10-18(9-11-19(20)21)25-14-16(4)17(5)15-32(28)31-8-3/h9-13,25H,6-8,14-15H2,1-5H3/b17-16-. The third-order valence-corrected chi connectivity index (χ3v) is 6.05. The number of ether oxygens (including phenoxy) is 2. The lowest BCUT2D eigenvalue weighted by atomic mass is 10.1. The predicted molar refractivity (Wildman–Crippen MR) is 126 cm³/mol. The summed E-state index contributed by atoms with van der Waals surface area (Å²) in [6, 6.07) is 8.82. The minimum atomic E-state index is -1.33. The topological polar surface area (TPSA) is 90.9 Å². The van der Waals surface area contributed by atoms with Gasteiger partial charge >= 0.3 is 11.9 Å². The zero-order chi connectivity index (χ0) is 23.7. The van der Waals surface area contributed by atoms with Crippen LogP contribution in [0.3, 0.4) is 0 Å². The summed E-state index contributed by atoms with van der Waals surface area (Å²) in [5.41, 5.74) is 4.77. The summed E-state index contributed by atoms with van der Waals surface area (Å²) in [6.07, 6.45) is 0. The van der Waals surface area contributed by atoms with Crippen LogP contribution >= 0.6 is 0 Å². The first-order valence-electron chi connectivity index (χ1n) is 10.6. The maximum absolute atomic E-state index is 12.4. The molecule has 0 saturated heterocycles. The second-order valence-corrected chi connectivity index (χ2v) is 8.26. The number of hydrogen-bond acceptors (Lipinski definition) is 7. The average Bonchev–Trinajstić information content (AvgIpc) is 2.99. The normalized spacial score (nSPS) is 12.8. The Balaban J connectivity index is 2.31. The van der Waals surface area contributed by atoms with E-state index in [1.165, 1.54) is 6.07 Å². The summed E-state index contributed by atoms with van der Waals surface area (Å²) in [4.78, 5) is 24.9. The molecule has 0 aromatic heterocycles. The van der Waals surface area contributed by atoms with E-state index in [9.17, 15) is 13.8 Å². The van der Waals surface area contributed by atoms with E-state index in [2.05, 4.69) is 5.32 Å². The van der Waals surface area contributed by atoms with Crippen LogP contribution in [0, 0.1) is 0 Å². The number of rotatable bonds is 11. The zero-order valence-corrected chi connectivity index (χ0v) is 20.1. The van der Waals surface area contributed by atoms with Crippen LogP contribution in [0.1, 0.15) is 55.3 Å². The first kappa shape index (κ1) is 25.5. The highest BCUT2D eigenvalue weighted by molar-refractivity contribution is 7.80. The molecule has 174 valence electrons. The van der Waals surface area contributed by atoms with E-state index in [-0.39, 0.29) is 13.2 Å². The Bertz CT molecular complexity index is 932. The predicted octanol–water partition coefficient (Wildman–Crippen LogP) is 4.59. The first-order valence-corrected chi connectivity index (χ1v) is 11.9. The van der Waals surface area contributed by atoms with E-state index in [0.29, 0.717) is 41.2 Å². The molecule has 0 fully saturated rings. The van der Waals surface area contributed by atoms with Crippen LogP contribution in [-0.2, 0) is 24.7 Å². The maximum Gasteiger partial charge on any atom is 0.338 e. The molecular weight excluding hydrogens is 430 g/mol. The molecule has 1 unspecified atom stereocenters. The van der Waals surface area contributed by atoms with Gasteiger partial charge in [-0.25, -0.2) is 13.8 Å². The Morgan fingerprint density at radius 1 is 0.844 bits per heavy atom. The van der Waals surface area contributed by atoms with Gasteiger partial charge in [-0.1, -0.05) is 23.3 Å². The number of fused-ring (bicyclic) bond motifs is 1. The zero-order valence-electron chi connectivity index (χ0n) is 19.3. The van der Waals surface area contributed by atoms with Gasteiger partial charge in [-0.2, -0.15) is 0 Å². The van der Waals surface area contributed by atoms with Crippen LogP contribution in [0.2, 0.25) is 0 Å². The highest BCUT2D eigenvalue weighted by atomic mass is 32.2. The molecule has 0 spiro atoms. The van der Waals surface area contributed by atoms with Crippen molar-refractivity contribution in [3.63, 3.8) is 0 Å². The lowest BCUT2D eigenvalue weighted by Gasteiger charge is -2.09. The van der Waals surface area contributed by atoms with E-state index in [0.717, 1.165) is 16.8 Å². The SMILES string of the molecule is CCOC(=O)c1cc(C(=O)OCC)c2ccc(NC/C(C)=C(/C)CS(=O)OCC)ccc1-2. The molecule has 2 aliphatic carbocycles. The van der Waals surface area contributed by atoms with Crippen molar-refractivity contribution in [2.75, 3.05) is 37.4 Å². The molecule has 8 heteroatoms. The van der Waals surface area contributed by atoms with Crippen LogP contribution in [0.4, 0.5) is 5.69 Å². The number of hydrogen-bond donors (Lipinski definition) is 1. The van der Waals surface area contributed by atoms with Crippen molar-refractivity contribution in [2.45, 2.75) is 34.6 Å². The van der Waals surface area contributed by atoms with Gasteiger partial charge in [0.25, 0.3) is 0 Å². The van der Waals surface area contributed by atoms with Crippen molar-refractivity contribution in [3.8, 4) is 11.1 Å². The van der Waals surface area contributed by atoms with Crippen molar-refractivity contribution in [2.24, 2.45) is 0 Å². The molecule has 0 heterocycles. The molecule has 0 aromatic carbocycles. The van der Waals surface area contributed by atoms with Gasteiger partial charge in [-0.3, -0.25) is 4.18 Å². The quantitative estimate of drug-likeness (QED) is 0.386. The second kappa shape index (κ2) is 12.4. The van der Waals surface area contributed by atoms with Crippen molar-refractivity contribution in [1.82, 2.24) is 0 Å². The van der Waals surface area contributed by atoms with E-state index >= 15 is 0 Å². The molecule has 0 radical (unpaired) electrons. The molecule has 0 aromatic rings. The van der Waals surface area contributed by atoms with E-state index in [1.807, 2.05) is 32.9 Å². The fourth-order valence-corrected chi connectivity index (χ4v) is 4.03. The maximum atomic E-state index is 12.4. The summed E-state index contributed by atoms with van der Waals surface area (Å²) in [7, 11) is 0. The molecule has 2 rings (SSSR count). The van der Waals surface area contributed by atoms with E-state index in [4.69, 9.17) is 13.7 Å². The molecule has 1 atom stereocenters. The molecule has 32 heavy (non-hydrogen) atoms. The molecule has 0 aliphatic heterocycles. The lowest BCUT2D eigenvalue weighted by Crippen LogP contribution is -2.09. The number of carbonyl (C=O) groups excluding carboxylic acids is 2. The van der Waals surface area contributed by atoms with Crippen molar-refractivity contribution >= 4 is 28.7 Å². The largest absolute Gasteiger partial charge is 0.462 e. The number of anilines is 1. The first-order chi connectivity index (χ1) is 15.3. The molecular formula is C24H31NO6S. The average molecular weight is 462 g/mol. The number of esters is 2. The Morgan fingerprint density at radius 2 is 1.38 bits per heavy atom. The molecule has 1 N–H and O–H groups in total.